The molecule has 0 heterocycles. The summed E-state index contributed by atoms with van der Waals surface area (Å²) in [6.45, 7) is 4.42. The predicted octanol–water partition coefficient (Wildman–Crippen LogP) is 5.29. The standard InChI is InChI=1S/C26H25BrN2O5/c1-3-14-32-22-11-6-19(7-12-22)26(31)34-24-13-8-21(27)15-20(24)16-28-29-25(30)17-33-23-9-4-18(2)5-10-23/h4-13,15-16H,3,14,17H2,1-2H3,(H,29,30)/b28-16-. The number of hydrazone groups is 1. The zero-order valence-corrected chi connectivity index (χ0v) is 20.5. The van der Waals surface area contributed by atoms with Gasteiger partial charge in [0.2, 0.25) is 0 Å². The van der Waals surface area contributed by atoms with Crippen molar-refractivity contribution in [3.8, 4) is 17.2 Å². The fraction of sp³-hybridized carbons (Fsp3) is 0.192. The quantitative estimate of drug-likeness (QED) is 0.168. The topological polar surface area (TPSA) is 86.2 Å². The summed E-state index contributed by atoms with van der Waals surface area (Å²) in [6.07, 6.45) is 2.30. The summed E-state index contributed by atoms with van der Waals surface area (Å²) in [6, 6.07) is 19.2. The van der Waals surface area contributed by atoms with Gasteiger partial charge in [0.05, 0.1) is 18.4 Å². The van der Waals surface area contributed by atoms with E-state index in [1.165, 1.54) is 6.21 Å². The molecule has 1 N–H and O–H groups in total. The highest BCUT2D eigenvalue weighted by Gasteiger charge is 2.12. The first kappa shape index (κ1) is 25.0. The Morgan fingerprint density at radius 3 is 2.35 bits per heavy atom. The molecule has 3 aromatic rings. The first-order chi connectivity index (χ1) is 16.4. The molecule has 0 spiro atoms. The minimum absolute atomic E-state index is 0.182. The van der Waals surface area contributed by atoms with Crippen molar-refractivity contribution in [3.63, 3.8) is 0 Å². The summed E-state index contributed by atoms with van der Waals surface area (Å²) < 4.78 is 17.3. The van der Waals surface area contributed by atoms with Gasteiger partial charge in [-0.3, -0.25) is 4.79 Å². The number of carbonyl (C=O) groups is 2. The number of hydrogen-bond acceptors (Lipinski definition) is 6. The Kier molecular flexibility index (Phi) is 9.22. The highest BCUT2D eigenvalue weighted by atomic mass is 79.9. The first-order valence-corrected chi connectivity index (χ1v) is 11.5. The molecule has 176 valence electrons. The lowest BCUT2D eigenvalue weighted by atomic mass is 10.2. The second kappa shape index (κ2) is 12.6. The average Bonchev–Trinajstić information content (AvgIpc) is 2.84. The minimum atomic E-state index is -0.519. The number of rotatable bonds is 10. The molecule has 3 aromatic carbocycles. The number of hydrogen-bond donors (Lipinski definition) is 1. The summed E-state index contributed by atoms with van der Waals surface area (Å²) in [4.78, 5) is 24.6. The summed E-state index contributed by atoms with van der Waals surface area (Å²) in [5.74, 6) is 0.645. The van der Waals surface area contributed by atoms with Gasteiger partial charge < -0.3 is 14.2 Å². The van der Waals surface area contributed by atoms with Crippen molar-refractivity contribution < 1.29 is 23.8 Å². The maximum atomic E-state index is 12.6. The van der Waals surface area contributed by atoms with Crippen molar-refractivity contribution >= 4 is 34.0 Å². The minimum Gasteiger partial charge on any atom is -0.494 e. The first-order valence-electron chi connectivity index (χ1n) is 10.7. The van der Waals surface area contributed by atoms with E-state index in [1.54, 1.807) is 54.6 Å². The van der Waals surface area contributed by atoms with Crippen LogP contribution in [0, 0.1) is 6.92 Å². The highest BCUT2D eigenvalue weighted by molar-refractivity contribution is 9.10. The Labute approximate surface area is 206 Å². The van der Waals surface area contributed by atoms with Crippen LogP contribution in [-0.4, -0.2) is 31.3 Å². The predicted molar refractivity (Wildman–Crippen MR) is 134 cm³/mol. The molecule has 0 aromatic heterocycles. The Morgan fingerprint density at radius 2 is 1.65 bits per heavy atom. The summed E-state index contributed by atoms with van der Waals surface area (Å²) in [7, 11) is 0. The number of halogens is 1. The largest absolute Gasteiger partial charge is 0.494 e. The number of nitrogens with zero attached hydrogens (tertiary/aromatic N) is 1. The van der Waals surface area contributed by atoms with Gasteiger partial charge in [0.1, 0.15) is 17.2 Å². The van der Waals surface area contributed by atoms with Crippen LogP contribution in [0.1, 0.15) is 34.8 Å². The number of ether oxygens (including phenoxy) is 3. The monoisotopic (exact) mass is 524 g/mol. The van der Waals surface area contributed by atoms with Gasteiger partial charge in [-0.15, -0.1) is 0 Å². The van der Waals surface area contributed by atoms with Gasteiger partial charge in [0, 0.05) is 10.0 Å². The molecular weight excluding hydrogens is 500 g/mol. The average molecular weight is 525 g/mol. The molecule has 0 fully saturated rings. The van der Waals surface area contributed by atoms with Gasteiger partial charge in [0.25, 0.3) is 5.91 Å². The Hall–Kier alpha value is -3.65. The summed E-state index contributed by atoms with van der Waals surface area (Å²) in [5, 5.41) is 3.96. The number of amides is 1. The fourth-order valence-corrected chi connectivity index (χ4v) is 3.15. The molecule has 0 saturated carbocycles. The zero-order valence-electron chi connectivity index (χ0n) is 18.9. The molecule has 0 aliphatic carbocycles. The molecule has 0 atom stereocenters. The van der Waals surface area contributed by atoms with E-state index in [0.717, 1.165) is 16.5 Å². The highest BCUT2D eigenvalue weighted by Crippen LogP contribution is 2.23. The van der Waals surface area contributed by atoms with Gasteiger partial charge in [-0.05, 0) is 67.9 Å². The van der Waals surface area contributed by atoms with E-state index in [-0.39, 0.29) is 6.61 Å². The van der Waals surface area contributed by atoms with Crippen LogP contribution in [-0.2, 0) is 4.79 Å². The van der Waals surface area contributed by atoms with Crippen molar-refractivity contribution in [3.05, 3.63) is 87.9 Å². The molecule has 0 bridgehead atoms. The number of nitrogens with one attached hydrogen (secondary N) is 1. The van der Waals surface area contributed by atoms with E-state index in [1.807, 2.05) is 26.0 Å². The van der Waals surface area contributed by atoms with E-state index in [9.17, 15) is 9.59 Å². The van der Waals surface area contributed by atoms with Crippen LogP contribution in [0.25, 0.3) is 0 Å². The van der Waals surface area contributed by atoms with Crippen LogP contribution < -0.4 is 19.6 Å². The maximum Gasteiger partial charge on any atom is 0.343 e. The second-order valence-corrected chi connectivity index (χ2v) is 8.26. The van der Waals surface area contributed by atoms with Gasteiger partial charge >= 0.3 is 5.97 Å². The summed E-state index contributed by atoms with van der Waals surface area (Å²) >= 11 is 3.39. The summed E-state index contributed by atoms with van der Waals surface area (Å²) in [5.41, 5.74) is 4.40. The van der Waals surface area contributed by atoms with Crippen LogP contribution in [0.5, 0.6) is 17.2 Å². The van der Waals surface area contributed by atoms with Crippen molar-refractivity contribution in [2.24, 2.45) is 5.10 Å². The van der Waals surface area contributed by atoms with E-state index in [0.29, 0.717) is 35.0 Å². The van der Waals surface area contributed by atoms with Crippen LogP contribution in [0.2, 0.25) is 0 Å². The number of aryl methyl sites for hydroxylation is 1. The molecule has 34 heavy (non-hydrogen) atoms. The van der Waals surface area contributed by atoms with Gasteiger partial charge in [-0.1, -0.05) is 40.5 Å². The molecule has 8 heteroatoms. The Balaban J connectivity index is 1.59. The van der Waals surface area contributed by atoms with E-state index >= 15 is 0 Å². The van der Waals surface area contributed by atoms with E-state index in [4.69, 9.17) is 14.2 Å². The maximum absolute atomic E-state index is 12.6. The van der Waals surface area contributed by atoms with E-state index in [2.05, 4.69) is 26.5 Å². The van der Waals surface area contributed by atoms with Crippen LogP contribution >= 0.6 is 15.9 Å². The van der Waals surface area contributed by atoms with E-state index < -0.39 is 11.9 Å². The van der Waals surface area contributed by atoms with Crippen LogP contribution in [0.15, 0.2) is 76.3 Å². The van der Waals surface area contributed by atoms with Gasteiger partial charge in [-0.25, -0.2) is 10.2 Å². The lowest BCUT2D eigenvalue weighted by Crippen LogP contribution is -2.24. The van der Waals surface area contributed by atoms with Crippen molar-refractivity contribution in [1.29, 1.82) is 0 Å². The molecule has 0 aliphatic rings. The third-order valence-electron chi connectivity index (χ3n) is 4.52. The Morgan fingerprint density at radius 1 is 0.971 bits per heavy atom. The fourth-order valence-electron chi connectivity index (χ4n) is 2.77. The number of carbonyl (C=O) groups excluding carboxylic acids is 2. The SMILES string of the molecule is CCCOc1ccc(C(=O)Oc2ccc(Br)cc2/C=N\NC(=O)COc2ccc(C)cc2)cc1. The lowest BCUT2D eigenvalue weighted by molar-refractivity contribution is -0.123. The molecule has 0 saturated heterocycles. The molecule has 0 unspecified atom stereocenters. The molecule has 1 amide bonds. The molecule has 0 aliphatic heterocycles. The van der Waals surface area contributed by atoms with Gasteiger partial charge in [0.15, 0.2) is 6.61 Å². The lowest BCUT2D eigenvalue weighted by Gasteiger charge is -2.09. The molecule has 7 nitrogen and oxygen atoms in total. The molecular formula is C26H25BrN2O5. The molecule has 3 rings (SSSR count). The van der Waals surface area contributed by atoms with Gasteiger partial charge in [-0.2, -0.15) is 5.10 Å². The normalized spacial score (nSPS) is 10.7. The van der Waals surface area contributed by atoms with Crippen molar-refractivity contribution in [2.75, 3.05) is 13.2 Å². The second-order valence-electron chi connectivity index (χ2n) is 7.34. The third-order valence-corrected chi connectivity index (χ3v) is 5.01. The smallest absolute Gasteiger partial charge is 0.343 e. The van der Waals surface area contributed by atoms with Crippen LogP contribution in [0.3, 0.4) is 0 Å². The number of benzene rings is 3. The zero-order chi connectivity index (χ0) is 24.3. The van der Waals surface area contributed by atoms with Crippen LogP contribution in [0.4, 0.5) is 0 Å². The van der Waals surface area contributed by atoms with Crippen molar-refractivity contribution in [2.45, 2.75) is 20.3 Å². The van der Waals surface area contributed by atoms with Crippen molar-refractivity contribution in [1.82, 2.24) is 5.43 Å². The molecule has 0 radical (unpaired) electrons. The third kappa shape index (κ3) is 7.74. The number of esters is 1. The Bertz CT molecular complexity index is 1140.